The van der Waals surface area contributed by atoms with Crippen molar-refractivity contribution in [3.8, 4) is 5.75 Å². The summed E-state index contributed by atoms with van der Waals surface area (Å²) in [7, 11) is 0. The zero-order valence-electron chi connectivity index (χ0n) is 17.4. The Balaban J connectivity index is 1.46. The maximum absolute atomic E-state index is 12.9. The van der Waals surface area contributed by atoms with Gasteiger partial charge in [-0.1, -0.05) is 46.6 Å². The molecule has 2 heterocycles. The van der Waals surface area contributed by atoms with E-state index < -0.39 is 5.91 Å². The number of amides is 1. The minimum atomic E-state index is -0.432. The van der Waals surface area contributed by atoms with Gasteiger partial charge in [0.05, 0.1) is 12.1 Å². The average Bonchev–Trinajstić information content (AvgIpc) is 3.28. The Morgan fingerprint density at radius 3 is 2.59 bits per heavy atom. The molecule has 9 heteroatoms. The highest BCUT2D eigenvalue weighted by molar-refractivity contribution is 6.30. The molecule has 7 nitrogen and oxygen atoms in total. The molecule has 2 aromatic carbocycles. The van der Waals surface area contributed by atoms with E-state index in [9.17, 15) is 4.79 Å². The van der Waals surface area contributed by atoms with E-state index in [4.69, 9.17) is 32.5 Å². The van der Waals surface area contributed by atoms with E-state index in [0.29, 0.717) is 39.5 Å². The van der Waals surface area contributed by atoms with Gasteiger partial charge >= 0.3 is 0 Å². The minimum absolute atomic E-state index is 0.112. The molecule has 0 radical (unpaired) electrons. The SMILES string of the molecule is Cc1onc(C(=O)Nc2cc(C)n(Cc3cccc(Cl)c3)n2)c1COc1cccc(Cl)c1. The van der Waals surface area contributed by atoms with Crippen molar-refractivity contribution >= 4 is 34.9 Å². The highest BCUT2D eigenvalue weighted by Crippen LogP contribution is 2.22. The molecule has 0 atom stereocenters. The van der Waals surface area contributed by atoms with Crippen LogP contribution in [0.25, 0.3) is 0 Å². The molecule has 1 N–H and O–H groups in total. The van der Waals surface area contributed by atoms with Crippen LogP contribution in [0.3, 0.4) is 0 Å². The first-order valence-corrected chi connectivity index (χ1v) is 10.6. The Morgan fingerprint density at radius 1 is 1.09 bits per heavy atom. The lowest BCUT2D eigenvalue weighted by atomic mass is 10.2. The first kappa shape index (κ1) is 21.9. The summed E-state index contributed by atoms with van der Waals surface area (Å²) in [4.78, 5) is 12.9. The third kappa shape index (κ3) is 5.12. The van der Waals surface area contributed by atoms with Gasteiger partial charge < -0.3 is 14.6 Å². The molecule has 2 aromatic heterocycles. The van der Waals surface area contributed by atoms with E-state index in [0.717, 1.165) is 11.3 Å². The molecule has 0 bridgehead atoms. The molecule has 164 valence electrons. The number of hydrogen-bond acceptors (Lipinski definition) is 5. The molecule has 0 saturated heterocycles. The second-order valence-electron chi connectivity index (χ2n) is 7.22. The summed E-state index contributed by atoms with van der Waals surface area (Å²) < 4.78 is 12.8. The topological polar surface area (TPSA) is 82.2 Å². The van der Waals surface area contributed by atoms with E-state index in [-0.39, 0.29) is 12.3 Å². The van der Waals surface area contributed by atoms with Crippen molar-refractivity contribution in [2.24, 2.45) is 0 Å². The Morgan fingerprint density at radius 2 is 1.84 bits per heavy atom. The van der Waals surface area contributed by atoms with Crippen LogP contribution in [0.1, 0.15) is 33.1 Å². The van der Waals surface area contributed by atoms with Gasteiger partial charge in [-0.15, -0.1) is 0 Å². The monoisotopic (exact) mass is 470 g/mol. The summed E-state index contributed by atoms with van der Waals surface area (Å²) in [5.41, 5.74) is 2.60. The number of carbonyl (C=O) groups excluding carboxylic acids is 1. The van der Waals surface area contributed by atoms with E-state index in [1.807, 2.05) is 31.2 Å². The van der Waals surface area contributed by atoms with Crippen LogP contribution in [0.15, 0.2) is 59.1 Å². The van der Waals surface area contributed by atoms with Crippen LogP contribution < -0.4 is 10.1 Å². The van der Waals surface area contributed by atoms with Crippen LogP contribution >= 0.6 is 23.2 Å². The molecule has 0 spiro atoms. The third-order valence-electron chi connectivity index (χ3n) is 4.82. The largest absolute Gasteiger partial charge is 0.489 e. The predicted molar refractivity (Wildman–Crippen MR) is 122 cm³/mol. The molecular weight excluding hydrogens is 451 g/mol. The molecule has 0 aliphatic rings. The van der Waals surface area contributed by atoms with Gasteiger partial charge in [0, 0.05) is 21.8 Å². The lowest BCUT2D eigenvalue weighted by Gasteiger charge is -2.07. The number of benzene rings is 2. The predicted octanol–water partition coefficient (Wildman–Crippen LogP) is 5.67. The summed E-state index contributed by atoms with van der Waals surface area (Å²) >= 11 is 12.1. The summed E-state index contributed by atoms with van der Waals surface area (Å²) in [5, 5.41) is 12.4. The lowest BCUT2D eigenvalue weighted by Crippen LogP contribution is -2.16. The number of halogens is 2. The second-order valence-corrected chi connectivity index (χ2v) is 8.10. The zero-order chi connectivity index (χ0) is 22.7. The molecule has 32 heavy (non-hydrogen) atoms. The highest BCUT2D eigenvalue weighted by Gasteiger charge is 2.21. The van der Waals surface area contributed by atoms with Gasteiger partial charge in [-0.2, -0.15) is 5.10 Å². The van der Waals surface area contributed by atoms with Gasteiger partial charge in [-0.3, -0.25) is 9.48 Å². The van der Waals surface area contributed by atoms with Gasteiger partial charge in [0.25, 0.3) is 5.91 Å². The van der Waals surface area contributed by atoms with Crippen molar-refractivity contribution in [2.75, 3.05) is 5.32 Å². The number of rotatable bonds is 7. The van der Waals surface area contributed by atoms with Crippen molar-refractivity contribution in [3.63, 3.8) is 0 Å². The summed E-state index contributed by atoms with van der Waals surface area (Å²) in [6.07, 6.45) is 0. The standard InChI is InChI=1S/C23H20Cl2N4O3/c1-14-9-21(27-29(14)12-16-5-3-6-17(24)10-16)26-23(30)22-20(15(2)32-28-22)13-31-19-8-4-7-18(25)11-19/h3-11H,12-13H2,1-2H3,(H,26,27,30). The van der Waals surface area contributed by atoms with Crippen LogP contribution in [0.2, 0.25) is 10.0 Å². The first-order chi connectivity index (χ1) is 15.4. The maximum atomic E-state index is 12.9. The number of anilines is 1. The summed E-state index contributed by atoms with van der Waals surface area (Å²) in [6.45, 7) is 4.28. The minimum Gasteiger partial charge on any atom is -0.489 e. The van der Waals surface area contributed by atoms with Crippen molar-refractivity contribution in [1.29, 1.82) is 0 Å². The normalized spacial score (nSPS) is 10.9. The quantitative estimate of drug-likeness (QED) is 0.375. The number of aromatic nitrogens is 3. The van der Waals surface area contributed by atoms with Crippen LogP contribution in [0, 0.1) is 13.8 Å². The smallest absolute Gasteiger partial charge is 0.279 e. The van der Waals surface area contributed by atoms with Gasteiger partial charge in [-0.25, -0.2) is 0 Å². The van der Waals surface area contributed by atoms with Gasteiger partial charge in [-0.05, 0) is 49.7 Å². The molecule has 0 fully saturated rings. The van der Waals surface area contributed by atoms with Gasteiger partial charge in [0.15, 0.2) is 11.5 Å². The molecular formula is C23H20Cl2N4O3. The highest BCUT2D eigenvalue weighted by atomic mass is 35.5. The number of aryl methyl sites for hydroxylation is 2. The Bertz CT molecular complexity index is 1270. The molecule has 0 aliphatic heterocycles. The van der Waals surface area contributed by atoms with Crippen molar-refractivity contribution in [1.82, 2.24) is 14.9 Å². The first-order valence-electron chi connectivity index (χ1n) is 9.83. The number of ether oxygens (including phenoxy) is 1. The molecule has 0 saturated carbocycles. The fraction of sp³-hybridized carbons (Fsp3) is 0.174. The van der Waals surface area contributed by atoms with Crippen LogP contribution in [0.4, 0.5) is 5.82 Å². The van der Waals surface area contributed by atoms with Crippen LogP contribution in [0.5, 0.6) is 5.75 Å². The van der Waals surface area contributed by atoms with E-state index in [1.165, 1.54) is 0 Å². The fourth-order valence-electron chi connectivity index (χ4n) is 3.17. The van der Waals surface area contributed by atoms with Crippen molar-refractivity contribution < 1.29 is 14.1 Å². The van der Waals surface area contributed by atoms with Gasteiger partial charge in [0.2, 0.25) is 0 Å². The molecule has 1 amide bonds. The average molecular weight is 471 g/mol. The van der Waals surface area contributed by atoms with Gasteiger partial charge in [0.1, 0.15) is 18.1 Å². The molecule has 0 unspecified atom stereocenters. The van der Waals surface area contributed by atoms with Crippen molar-refractivity contribution in [2.45, 2.75) is 27.0 Å². The molecule has 4 rings (SSSR count). The lowest BCUT2D eigenvalue weighted by molar-refractivity contribution is 0.101. The number of nitrogens with zero attached hydrogens (tertiary/aromatic N) is 3. The second kappa shape index (κ2) is 9.46. The van der Waals surface area contributed by atoms with Crippen LogP contribution in [-0.2, 0) is 13.2 Å². The Kier molecular flexibility index (Phi) is 6.48. The van der Waals surface area contributed by atoms with E-state index in [1.54, 1.807) is 41.9 Å². The maximum Gasteiger partial charge on any atom is 0.279 e. The molecule has 4 aromatic rings. The fourth-order valence-corrected chi connectivity index (χ4v) is 3.56. The summed E-state index contributed by atoms with van der Waals surface area (Å²) in [5.74, 6) is 1.07. The van der Waals surface area contributed by atoms with Crippen LogP contribution in [-0.4, -0.2) is 20.8 Å². The molecule has 0 aliphatic carbocycles. The van der Waals surface area contributed by atoms with Crippen molar-refractivity contribution in [3.05, 3.63) is 92.9 Å². The van der Waals surface area contributed by atoms with E-state index >= 15 is 0 Å². The summed E-state index contributed by atoms with van der Waals surface area (Å²) in [6, 6.07) is 16.4. The Hall–Kier alpha value is -3.29. The number of nitrogens with one attached hydrogen (secondary N) is 1. The Labute approximate surface area is 194 Å². The number of hydrogen-bond donors (Lipinski definition) is 1. The zero-order valence-corrected chi connectivity index (χ0v) is 18.9. The number of carbonyl (C=O) groups is 1. The third-order valence-corrected chi connectivity index (χ3v) is 5.29. The van der Waals surface area contributed by atoms with E-state index in [2.05, 4.69) is 15.6 Å².